The Morgan fingerprint density at radius 1 is 1.07 bits per heavy atom. The lowest BCUT2D eigenvalue weighted by Gasteiger charge is -2.16. The van der Waals surface area contributed by atoms with E-state index >= 15 is 0 Å². The van der Waals surface area contributed by atoms with Crippen LogP contribution in [0, 0.1) is 26.2 Å². The first-order valence-electron chi connectivity index (χ1n) is 9.53. The molecule has 0 bridgehead atoms. The number of amidine groups is 1. The molecule has 3 rings (SSSR count). The number of ether oxygens (including phenoxy) is 1. The highest BCUT2D eigenvalue weighted by Gasteiger charge is 2.13. The largest absolute Gasteiger partial charge is 0.414 e. The molecular weight excluding hydrogens is 366 g/mol. The van der Waals surface area contributed by atoms with Crippen LogP contribution in [0.4, 0.5) is 0 Å². The number of hydrogen-bond acceptors (Lipinski definition) is 3. The standard InChI is InChI=1S/C23H27N3OS/c1-16-6-8-19(9-7-16)22(24)25-23(28)27-21-15-17(2)20(14-18(21)3)10-13-26-11-4-5-12-26/h4-9,14-15H,10-13H2,1-3H3,(H2,24,25,28)/p+1. The lowest BCUT2D eigenvalue weighted by atomic mass is 10.0. The maximum absolute atomic E-state index is 8.15. The molecule has 5 heteroatoms. The van der Waals surface area contributed by atoms with Gasteiger partial charge in [0.1, 0.15) is 5.75 Å². The van der Waals surface area contributed by atoms with Crippen molar-refractivity contribution in [2.75, 3.05) is 19.6 Å². The Morgan fingerprint density at radius 3 is 2.43 bits per heavy atom. The Kier molecular flexibility index (Phi) is 6.70. The van der Waals surface area contributed by atoms with Crippen molar-refractivity contribution >= 4 is 23.7 Å². The van der Waals surface area contributed by atoms with Gasteiger partial charge in [0.15, 0.2) is 5.84 Å². The van der Waals surface area contributed by atoms with Crippen molar-refractivity contribution in [1.29, 1.82) is 5.41 Å². The number of nitrogens with zero attached hydrogens (tertiary/aromatic N) is 2. The predicted molar refractivity (Wildman–Crippen MR) is 121 cm³/mol. The molecule has 1 aliphatic rings. The van der Waals surface area contributed by atoms with Gasteiger partial charge in [-0.05, 0) is 49.9 Å². The Bertz CT molecular complexity index is 908. The average Bonchev–Trinajstić information content (AvgIpc) is 3.17. The van der Waals surface area contributed by atoms with Gasteiger partial charge in [-0.25, -0.2) is 0 Å². The summed E-state index contributed by atoms with van der Waals surface area (Å²) in [6.45, 7) is 9.34. The molecule has 0 radical (unpaired) electrons. The molecule has 0 unspecified atom stereocenters. The zero-order chi connectivity index (χ0) is 20.1. The van der Waals surface area contributed by atoms with Crippen molar-refractivity contribution in [2.24, 2.45) is 4.99 Å². The molecule has 28 heavy (non-hydrogen) atoms. The van der Waals surface area contributed by atoms with E-state index < -0.39 is 0 Å². The number of benzene rings is 2. The minimum absolute atomic E-state index is 0.162. The highest BCUT2D eigenvalue weighted by Crippen LogP contribution is 2.24. The van der Waals surface area contributed by atoms with E-state index in [0.29, 0.717) is 0 Å². The number of aryl methyl sites for hydroxylation is 3. The number of rotatable bonds is 5. The highest BCUT2D eigenvalue weighted by atomic mass is 32.1. The zero-order valence-electron chi connectivity index (χ0n) is 16.7. The summed E-state index contributed by atoms with van der Waals surface area (Å²) in [5, 5.41) is 8.44. The fraction of sp³-hybridized carbons (Fsp3) is 0.304. The normalized spacial score (nSPS) is 14.5. The molecule has 0 amide bonds. The second-order valence-corrected chi connectivity index (χ2v) is 7.69. The van der Waals surface area contributed by atoms with Crippen LogP contribution in [-0.2, 0) is 19.0 Å². The van der Waals surface area contributed by atoms with Crippen LogP contribution in [0.5, 0.6) is 5.75 Å². The molecule has 0 fully saturated rings. The first kappa shape index (κ1) is 20.4. The molecular formula is C23H28N3OS+. The van der Waals surface area contributed by atoms with E-state index in [9.17, 15) is 0 Å². The van der Waals surface area contributed by atoms with E-state index in [2.05, 4.69) is 53.7 Å². The molecule has 0 spiro atoms. The van der Waals surface area contributed by atoms with Crippen LogP contribution >= 0.6 is 0 Å². The molecule has 4 nitrogen and oxygen atoms in total. The number of aliphatic imine (C=N–C) groups is 1. The van der Waals surface area contributed by atoms with Gasteiger partial charge in [-0.15, -0.1) is 4.99 Å². The molecule has 1 heterocycles. The summed E-state index contributed by atoms with van der Waals surface area (Å²) < 4.78 is 5.88. The fourth-order valence-corrected chi connectivity index (χ4v) is 3.44. The molecule has 1 N–H and O–H groups in total. The van der Waals surface area contributed by atoms with E-state index in [1.807, 2.05) is 38.1 Å². The third-order valence-corrected chi connectivity index (χ3v) is 5.18. The molecule has 0 saturated heterocycles. The molecule has 0 saturated carbocycles. The Labute approximate surface area is 172 Å². The van der Waals surface area contributed by atoms with E-state index in [-0.39, 0.29) is 11.1 Å². The summed E-state index contributed by atoms with van der Waals surface area (Å²) in [6, 6.07) is 12.0. The maximum Gasteiger partial charge on any atom is 0.414 e. The quantitative estimate of drug-likeness (QED) is 0.363. The second kappa shape index (κ2) is 9.22. The van der Waals surface area contributed by atoms with Gasteiger partial charge in [-0.3, -0.25) is 10.3 Å². The minimum atomic E-state index is 0.162. The van der Waals surface area contributed by atoms with Crippen LogP contribution in [0.15, 0.2) is 53.5 Å². The Morgan fingerprint density at radius 2 is 1.75 bits per heavy atom. The third kappa shape index (κ3) is 5.33. The van der Waals surface area contributed by atoms with Crippen LogP contribution in [-0.4, -0.2) is 35.6 Å². The predicted octanol–water partition coefficient (Wildman–Crippen LogP) is 3.80. The smallest absolute Gasteiger partial charge is 0.402 e. The summed E-state index contributed by atoms with van der Waals surface area (Å²) >= 11 is 3.41. The van der Waals surface area contributed by atoms with Crippen molar-refractivity contribution in [1.82, 2.24) is 4.90 Å². The van der Waals surface area contributed by atoms with Crippen LogP contribution in [0.1, 0.15) is 27.8 Å². The summed E-state index contributed by atoms with van der Waals surface area (Å²) in [5.74, 6) is 0.921. The summed E-state index contributed by atoms with van der Waals surface area (Å²) in [4.78, 5) is 6.66. The molecule has 1 aliphatic heterocycles. The van der Waals surface area contributed by atoms with Crippen LogP contribution in [0.25, 0.3) is 0 Å². The summed E-state index contributed by atoms with van der Waals surface area (Å²) in [5.41, 5.74) is 5.53. The number of hydrogen-bond donors (Lipinski definition) is 1. The van der Waals surface area contributed by atoms with Crippen molar-refractivity contribution in [2.45, 2.75) is 27.2 Å². The Hall–Kier alpha value is -2.37. The van der Waals surface area contributed by atoms with Crippen LogP contribution < -0.4 is 4.74 Å². The van der Waals surface area contributed by atoms with Gasteiger partial charge in [-0.2, -0.15) is 0 Å². The molecule has 146 valence electrons. The molecule has 2 aromatic carbocycles. The highest BCUT2D eigenvalue weighted by molar-refractivity contribution is 7.77. The van der Waals surface area contributed by atoms with Crippen molar-refractivity contribution in [3.8, 4) is 5.75 Å². The molecule has 2 aromatic rings. The number of nitrogens with one attached hydrogen (secondary N) is 1. The lowest BCUT2D eigenvalue weighted by molar-refractivity contribution is 0.357. The monoisotopic (exact) mass is 394 g/mol. The van der Waals surface area contributed by atoms with Gasteiger partial charge in [0.25, 0.3) is 0 Å². The fourth-order valence-electron chi connectivity index (χ4n) is 3.22. The van der Waals surface area contributed by atoms with E-state index in [0.717, 1.165) is 48.5 Å². The minimum Gasteiger partial charge on any atom is -0.402 e. The van der Waals surface area contributed by atoms with E-state index in [1.165, 1.54) is 11.1 Å². The topological polar surface area (TPSA) is 48.7 Å². The molecule has 0 aromatic heterocycles. The van der Waals surface area contributed by atoms with E-state index in [1.54, 1.807) is 0 Å². The van der Waals surface area contributed by atoms with Gasteiger partial charge >= 0.3 is 5.23 Å². The van der Waals surface area contributed by atoms with Gasteiger partial charge in [0.2, 0.25) is 0 Å². The van der Waals surface area contributed by atoms with Crippen molar-refractivity contribution < 1.29 is 4.74 Å². The van der Waals surface area contributed by atoms with E-state index in [4.69, 9.17) is 10.1 Å². The first-order chi connectivity index (χ1) is 13.4. The maximum atomic E-state index is 8.15. The van der Waals surface area contributed by atoms with Crippen molar-refractivity contribution in [3.63, 3.8) is 0 Å². The average molecular weight is 395 g/mol. The first-order valence-corrected chi connectivity index (χ1v) is 10.0. The summed E-state index contributed by atoms with van der Waals surface area (Å²) in [7, 11) is 0. The zero-order valence-corrected chi connectivity index (χ0v) is 17.7. The van der Waals surface area contributed by atoms with Gasteiger partial charge in [0.05, 0.1) is 12.6 Å². The lowest BCUT2D eigenvalue weighted by Crippen LogP contribution is -2.23. The SMILES string of the molecule is Cc1ccc(C(=N)N=C([SH2+])Oc2cc(C)c(CCN3CC=CC3)cc2C)cc1. The Balaban J connectivity index is 1.66. The van der Waals surface area contributed by atoms with Gasteiger partial charge < -0.3 is 4.74 Å². The van der Waals surface area contributed by atoms with Gasteiger partial charge in [0, 0.05) is 25.2 Å². The van der Waals surface area contributed by atoms with Crippen LogP contribution in [0.2, 0.25) is 0 Å². The van der Waals surface area contributed by atoms with Gasteiger partial charge in [-0.1, -0.05) is 48.0 Å². The third-order valence-electron chi connectivity index (χ3n) is 4.97. The molecule has 0 aliphatic carbocycles. The molecule has 0 atom stereocenters. The van der Waals surface area contributed by atoms with Crippen LogP contribution in [0.3, 0.4) is 0 Å². The van der Waals surface area contributed by atoms with Crippen molar-refractivity contribution in [3.05, 3.63) is 76.4 Å². The summed E-state index contributed by atoms with van der Waals surface area (Å²) in [6.07, 6.45) is 5.47. The second-order valence-electron chi connectivity index (χ2n) is 7.26.